The zero-order valence-corrected chi connectivity index (χ0v) is 8.51. The molecule has 2 aromatic rings. The summed E-state index contributed by atoms with van der Waals surface area (Å²) in [6, 6.07) is 7.77. The van der Waals surface area contributed by atoms with Crippen LogP contribution in [0, 0.1) is 0 Å². The van der Waals surface area contributed by atoms with Crippen molar-refractivity contribution in [1.29, 1.82) is 0 Å². The van der Waals surface area contributed by atoms with Crippen molar-refractivity contribution in [2.45, 2.75) is 13.0 Å². The van der Waals surface area contributed by atoms with Crippen LogP contribution in [0.1, 0.15) is 6.92 Å². The average Bonchev–Trinajstić information content (AvgIpc) is 2.29. The summed E-state index contributed by atoms with van der Waals surface area (Å²) < 4.78 is 0. The summed E-state index contributed by atoms with van der Waals surface area (Å²) in [5.74, 6) is 0.766. The molecule has 2 N–H and O–H groups in total. The molecule has 1 unspecified atom stereocenters. The number of nitrogens with one attached hydrogen (secondary N) is 1. The third-order valence-corrected chi connectivity index (χ3v) is 2.20. The first-order valence-corrected chi connectivity index (χ1v) is 4.88. The van der Waals surface area contributed by atoms with Gasteiger partial charge in [-0.15, -0.1) is 0 Å². The number of benzene rings is 1. The second-order valence-corrected chi connectivity index (χ2v) is 3.47. The van der Waals surface area contributed by atoms with Crippen molar-refractivity contribution in [3.8, 4) is 0 Å². The molecule has 0 aliphatic carbocycles. The molecular formula is C11H13N3O. The van der Waals surface area contributed by atoms with Crippen molar-refractivity contribution in [3.63, 3.8) is 0 Å². The third-order valence-electron chi connectivity index (χ3n) is 2.20. The minimum absolute atomic E-state index is 0.0108. The van der Waals surface area contributed by atoms with E-state index in [1.165, 1.54) is 6.33 Å². The molecule has 0 aliphatic rings. The predicted octanol–water partition coefficient (Wildman–Crippen LogP) is 1.42. The van der Waals surface area contributed by atoms with Crippen LogP contribution in [0.2, 0.25) is 0 Å². The molecule has 1 atom stereocenters. The van der Waals surface area contributed by atoms with E-state index in [0.29, 0.717) is 0 Å². The van der Waals surface area contributed by atoms with Crippen LogP contribution in [0.5, 0.6) is 0 Å². The Morgan fingerprint density at radius 3 is 2.93 bits per heavy atom. The van der Waals surface area contributed by atoms with Crippen molar-refractivity contribution in [1.82, 2.24) is 9.97 Å². The molecular weight excluding hydrogens is 190 g/mol. The number of fused-ring (bicyclic) bond motifs is 1. The lowest BCUT2D eigenvalue weighted by atomic mass is 10.2. The molecule has 2 rings (SSSR count). The topological polar surface area (TPSA) is 58.0 Å². The summed E-state index contributed by atoms with van der Waals surface area (Å²) in [7, 11) is 0. The zero-order valence-electron chi connectivity index (χ0n) is 8.51. The van der Waals surface area contributed by atoms with Gasteiger partial charge in [-0.05, 0) is 19.1 Å². The predicted molar refractivity (Wildman–Crippen MR) is 59.7 cm³/mol. The SMILES string of the molecule is CC(CO)Nc1ncnc2ccccc12. The molecule has 1 aromatic heterocycles. The number of rotatable bonds is 3. The Morgan fingerprint density at radius 2 is 2.13 bits per heavy atom. The Hall–Kier alpha value is -1.68. The van der Waals surface area contributed by atoms with Crippen LogP contribution in [-0.4, -0.2) is 27.7 Å². The van der Waals surface area contributed by atoms with Gasteiger partial charge in [0.25, 0.3) is 0 Å². The van der Waals surface area contributed by atoms with Gasteiger partial charge in [0.1, 0.15) is 12.1 Å². The van der Waals surface area contributed by atoms with Crippen molar-refractivity contribution in [3.05, 3.63) is 30.6 Å². The lowest BCUT2D eigenvalue weighted by Crippen LogP contribution is -2.20. The fourth-order valence-corrected chi connectivity index (χ4v) is 1.40. The highest BCUT2D eigenvalue weighted by molar-refractivity contribution is 5.88. The van der Waals surface area contributed by atoms with E-state index in [0.717, 1.165) is 16.7 Å². The molecule has 0 fully saturated rings. The fraction of sp³-hybridized carbons (Fsp3) is 0.273. The summed E-state index contributed by atoms with van der Waals surface area (Å²) in [5.41, 5.74) is 0.903. The molecule has 1 heterocycles. The van der Waals surface area contributed by atoms with E-state index >= 15 is 0 Å². The Kier molecular flexibility index (Phi) is 2.78. The molecule has 0 spiro atoms. The van der Waals surface area contributed by atoms with E-state index in [1.807, 2.05) is 31.2 Å². The van der Waals surface area contributed by atoms with E-state index in [-0.39, 0.29) is 12.6 Å². The molecule has 0 aliphatic heterocycles. The first kappa shape index (κ1) is 9.86. The quantitative estimate of drug-likeness (QED) is 0.792. The van der Waals surface area contributed by atoms with Crippen molar-refractivity contribution in [2.24, 2.45) is 0 Å². The maximum Gasteiger partial charge on any atom is 0.137 e. The molecule has 1 aromatic carbocycles. The molecule has 0 saturated carbocycles. The molecule has 4 heteroatoms. The zero-order chi connectivity index (χ0) is 10.7. The van der Waals surface area contributed by atoms with Gasteiger partial charge in [-0.2, -0.15) is 0 Å². The van der Waals surface area contributed by atoms with Gasteiger partial charge < -0.3 is 10.4 Å². The van der Waals surface area contributed by atoms with Crippen molar-refractivity contribution < 1.29 is 5.11 Å². The van der Waals surface area contributed by atoms with Crippen molar-refractivity contribution in [2.75, 3.05) is 11.9 Å². The first-order valence-electron chi connectivity index (χ1n) is 4.88. The highest BCUT2D eigenvalue weighted by atomic mass is 16.3. The largest absolute Gasteiger partial charge is 0.394 e. The van der Waals surface area contributed by atoms with Crippen molar-refractivity contribution >= 4 is 16.7 Å². The van der Waals surface area contributed by atoms with Crippen LogP contribution in [0.3, 0.4) is 0 Å². The highest BCUT2D eigenvalue weighted by Crippen LogP contribution is 2.18. The Bertz CT molecular complexity index is 453. The van der Waals surface area contributed by atoms with Crippen LogP contribution < -0.4 is 5.32 Å². The number of para-hydroxylation sites is 1. The monoisotopic (exact) mass is 203 g/mol. The van der Waals surface area contributed by atoms with Crippen LogP contribution in [0.4, 0.5) is 5.82 Å². The smallest absolute Gasteiger partial charge is 0.137 e. The molecule has 0 saturated heterocycles. The molecule has 0 amide bonds. The minimum Gasteiger partial charge on any atom is -0.394 e. The van der Waals surface area contributed by atoms with Gasteiger partial charge in [-0.25, -0.2) is 9.97 Å². The second-order valence-electron chi connectivity index (χ2n) is 3.47. The number of aliphatic hydroxyl groups is 1. The first-order chi connectivity index (χ1) is 7.31. The minimum atomic E-state index is -0.0108. The summed E-state index contributed by atoms with van der Waals surface area (Å²) in [6.45, 7) is 1.98. The molecule has 0 radical (unpaired) electrons. The van der Waals surface area contributed by atoms with Gasteiger partial charge in [0.2, 0.25) is 0 Å². The maximum absolute atomic E-state index is 8.96. The number of aliphatic hydroxyl groups excluding tert-OH is 1. The van der Waals surface area contributed by atoms with Gasteiger partial charge in [0.05, 0.1) is 12.1 Å². The van der Waals surface area contributed by atoms with Gasteiger partial charge >= 0.3 is 0 Å². The Balaban J connectivity index is 2.42. The molecule has 0 bridgehead atoms. The van der Waals surface area contributed by atoms with E-state index in [2.05, 4.69) is 15.3 Å². The number of hydrogen-bond acceptors (Lipinski definition) is 4. The summed E-state index contributed by atoms with van der Waals surface area (Å²) in [6.07, 6.45) is 1.52. The summed E-state index contributed by atoms with van der Waals surface area (Å²) in [5, 5.41) is 13.1. The molecule has 15 heavy (non-hydrogen) atoms. The Morgan fingerprint density at radius 1 is 1.33 bits per heavy atom. The summed E-state index contributed by atoms with van der Waals surface area (Å²) in [4.78, 5) is 8.32. The van der Waals surface area contributed by atoms with Crippen LogP contribution in [-0.2, 0) is 0 Å². The number of aromatic nitrogens is 2. The van der Waals surface area contributed by atoms with Gasteiger partial charge in [0.15, 0.2) is 0 Å². The third kappa shape index (κ3) is 2.05. The van der Waals surface area contributed by atoms with Crippen LogP contribution in [0.15, 0.2) is 30.6 Å². The highest BCUT2D eigenvalue weighted by Gasteiger charge is 2.05. The standard InChI is InChI=1S/C11H13N3O/c1-8(6-15)14-11-9-4-2-3-5-10(9)12-7-13-11/h2-5,7-8,15H,6H2,1H3,(H,12,13,14). The van der Waals surface area contributed by atoms with Gasteiger partial charge in [-0.3, -0.25) is 0 Å². The second kappa shape index (κ2) is 4.23. The van der Waals surface area contributed by atoms with Gasteiger partial charge in [0, 0.05) is 11.4 Å². The Labute approximate surface area is 88.0 Å². The van der Waals surface area contributed by atoms with E-state index in [1.54, 1.807) is 0 Å². The normalized spacial score (nSPS) is 12.7. The maximum atomic E-state index is 8.96. The van der Waals surface area contributed by atoms with Crippen LogP contribution in [0.25, 0.3) is 10.9 Å². The van der Waals surface area contributed by atoms with Crippen LogP contribution >= 0.6 is 0 Å². The van der Waals surface area contributed by atoms with E-state index in [9.17, 15) is 0 Å². The fourth-order valence-electron chi connectivity index (χ4n) is 1.40. The average molecular weight is 203 g/mol. The van der Waals surface area contributed by atoms with E-state index < -0.39 is 0 Å². The molecule has 78 valence electrons. The lowest BCUT2D eigenvalue weighted by Gasteiger charge is -2.12. The summed E-state index contributed by atoms with van der Waals surface area (Å²) >= 11 is 0. The number of nitrogens with zero attached hydrogens (tertiary/aromatic N) is 2. The molecule has 4 nitrogen and oxygen atoms in total. The number of anilines is 1. The lowest BCUT2D eigenvalue weighted by molar-refractivity contribution is 0.281. The number of hydrogen-bond donors (Lipinski definition) is 2. The van der Waals surface area contributed by atoms with E-state index in [4.69, 9.17) is 5.11 Å². The van der Waals surface area contributed by atoms with Gasteiger partial charge in [-0.1, -0.05) is 12.1 Å².